The minimum absolute atomic E-state index is 0.0118. The summed E-state index contributed by atoms with van der Waals surface area (Å²) in [5.74, 6) is -0.373. The van der Waals surface area contributed by atoms with E-state index >= 15 is 0 Å². The van der Waals surface area contributed by atoms with Crippen molar-refractivity contribution in [3.05, 3.63) is 124 Å². The second-order valence-electron chi connectivity index (χ2n) is 10.4. The van der Waals surface area contributed by atoms with Crippen molar-refractivity contribution in [1.29, 1.82) is 0 Å². The van der Waals surface area contributed by atoms with Crippen molar-refractivity contribution >= 4 is 39.1 Å². The minimum Gasteiger partial charge on any atom is -0.457 e. The maximum atomic E-state index is 13.5. The summed E-state index contributed by atoms with van der Waals surface area (Å²) >= 11 is 12.4. The van der Waals surface area contributed by atoms with Crippen LogP contribution in [0.2, 0.25) is 10.0 Å². The first-order chi connectivity index (χ1) is 21.7. The second kappa shape index (κ2) is 13.2. The third kappa shape index (κ3) is 7.72. The lowest BCUT2D eigenvalue weighted by atomic mass is 9.93. The summed E-state index contributed by atoms with van der Waals surface area (Å²) in [6, 6.07) is 22.7. The van der Waals surface area contributed by atoms with E-state index in [2.05, 4.69) is 11.9 Å². The molecule has 0 saturated heterocycles. The molecule has 0 fully saturated rings. The summed E-state index contributed by atoms with van der Waals surface area (Å²) in [5.41, 5.74) is 2.19. The summed E-state index contributed by atoms with van der Waals surface area (Å²) in [6.07, 6.45) is -1.59. The number of hydrogen-bond donors (Lipinski definition) is 2. The Bertz CT molecular complexity index is 2000. The quantitative estimate of drug-likeness (QED) is 0.161. The first-order valence-electron chi connectivity index (χ1n) is 13.8. The van der Waals surface area contributed by atoms with Gasteiger partial charge in [-0.2, -0.15) is 13.2 Å². The highest BCUT2D eigenvalue weighted by Gasteiger charge is 2.36. The van der Waals surface area contributed by atoms with E-state index in [0.717, 1.165) is 52.3 Å². The van der Waals surface area contributed by atoms with Gasteiger partial charge in [0.1, 0.15) is 17.3 Å². The monoisotopic (exact) mass is 687 g/mol. The molecule has 7 nitrogen and oxygen atoms in total. The van der Waals surface area contributed by atoms with Crippen molar-refractivity contribution in [3.8, 4) is 33.9 Å². The molecular formula is C33H26Cl2F3N3O4S. The van der Waals surface area contributed by atoms with E-state index in [1.54, 1.807) is 41.1 Å². The molecule has 46 heavy (non-hydrogen) atoms. The molecule has 0 aliphatic carbocycles. The number of nitrogens with one attached hydrogen (secondary N) is 2. The summed E-state index contributed by atoms with van der Waals surface area (Å²) < 4.78 is 70.6. The van der Waals surface area contributed by atoms with Gasteiger partial charge >= 0.3 is 6.18 Å². The standard InChI is InChI=1S/C33H26Cl2F3N3O4S/c1-3-25(31-39-18-30(40-31)26-14-10-22(34)16-29(26)35)21-6-4-19(5-7-21)20-8-11-23(12-9-20)45-24-13-15-28(33(36,37)38)27(17-24)32(42)41-46(2,43)44/h4-18,25H,3H2,1-2H3,(H,39,40)(H,41,42). The van der Waals surface area contributed by atoms with Gasteiger partial charge in [-0.15, -0.1) is 0 Å². The predicted molar refractivity (Wildman–Crippen MR) is 172 cm³/mol. The number of alkyl halides is 3. The minimum atomic E-state index is -4.89. The molecule has 4 aromatic carbocycles. The number of carbonyl (C=O) groups is 1. The Morgan fingerprint density at radius 3 is 2.15 bits per heavy atom. The molecule has 2 N–H and O–H groups in total. The fraction of sp³-hybridized carbons (Fsp3) is 0.152. The van der Waals surface area contributed by atoms with Crippen molar-refractivity contribution in [3.63, 3.8) is 0 Å². The zero-order chi connectivity index (χ0) is 33.2. The van der Waals surface area contributed by atoms with Crippen molar-refractivity contribution < 1.29 is 31.1 Å². The molecule has 13 heteroatoms. The van der Waals surface area contributed by atoms with Crippen LogP contribution in [-0.2, 0) is 16.2 Å². The number of amides is 1. The Morgan fingerprint density at radius 2 is 1.57 bits per heavy atom. The number of carbonyl (C=O) groups excluding carboxylic acids is 1. The van der Waals surface area contributed by atoms with Gasteiger partial charge in [-0.3, -0.25) is 4.79 Å². The summed E-state index contributed by atoms with van der Waals surface area (Å²) in [7, 11) is -4.09. The number of ether oxygens (including phenoxy) is 1. The number of imidazole rings is 1. The first kappa shape index (κ1) is 33.1. The Balaban J connectivity index is 1.31. The summed E-state index contributed by atoms with van der Waals surface area (Å²) in [6.45, 7) is 2.08. The maximum absolute atomic E-state index is 13.5. The van der Waals surface area contributed by atoms with Crippen molar-refractivity contribution in [1.82, 2.24) is 14.7 Å². The molecule has 1 atom stereocenters. The number of halogens is 5. The van der Waals surface area contributed by atoms with E-state index in [1.807, 2.05) is 36.5 Å². The fourth-order valence-corrected chi connectivity index (χ4v) is 5.89. The van der Waals surface area contributed by atoms with Gasteiger partial charge in [0, 0.05) is 22.7 Å². The Labute approximate surface area is 273 Å². The van der Waals surface area contributed by atoms with Crippen LogP contribution >= 0.6 is 23.2 Å². The van der Waals surface area contributed by atoms with Crippen LogP contribution in [0.5, 0.6) is 11.5 Å². The maximum Gasteiger partial charge on any atom is 0.417 e. The van der Waals surface area contributed by atoms with Crippen molar-refractivity contribution in [2.75, 3.05) is 6.26 Å². The molecule has 1 amide bonds. The van der Waals surface area contributed by atoms with Crippen molar-refractivity contribution in [2.24, 2.45) is 0 Å². The molecule has 0 bridgehead atoms. The highest BCUT2D eigenvalue weighted by molar-refractivity contribution is 7.89. The largest absolute Gasteiger partial charge is 0.457 e. The predicted octanol–water partition coefficient (Wildman–Crippen LogP) is 9.09. The van der Waals surface area contributed by atoms with Gasteiger partial charge in [-0.1, -0.05) is 66.5 Å². The summed E-state index contributed by atoms with van der Waals surface area (Å²) in [4.78, 5) is 20.4. The van der Waals surface area contributed by atoms with Crippen LogP contribution in [0, 0.1) is 0 Å². The third-order valence-corrected chi connectivity index (χ3v) is 8.20. The molecule has 1 unspecified atom stereocenters. The molecular weight excluding hydrogens is 662 g/mol. The van der Waals surface area contributed by atoms with Crippen molar-refractivity contribution in [2.45, 2.75) is 25.4 Å². The van der Waals surface area contributed by atoms with E-state index < -0.39 is 33.2 Å². The summed E-state index contributed by atoms with van der Waals surface area (Å²) in [5, 5.41) is 1.06. The number of hydrogen-bond acceptors (Lipinski definition) is 5. The topological polar surface area (TPSA) is 101 Å². The van der Waals surface area contributed by atoms with Gasteiger partial charge in [0.2, 0.25) is 10.0 Å². The lowest BCUT2D eigenvalue weighted by Crippen LogP contribution is -2.31. The number of nitrogens with zero attached hydrogens (tertiary/aromatic N) is 1. The molecule has 0 spiro atoms. The zero-order valence-electron chi connectivity index (χ0n) is 24.3. The van der Waals surface area contributed by atoms with Gasteiger partial charge in [0.15, 0.2) is 0 Å². The zero-order valence-corrected chi connectivity index (χ0v) is 26.7. The molecule has 0 radical (unpaired) electrons. The van der Waals surface area contributed by atoms with Crippen LogP contribution in [0.15, 0.2) is 91.1 Å². The van der Waals surface area contributed by atoms with Gasteiger partial charge in [-0.25, -0.2) is 18.1 Å². The van der Waals surface area contributed by atoms with Crippen LogP contribution < -0.4 is 9.46 Å². The third-order valence-electron chi connectivity index (χ3n) is 7.10. The normalized spacial score (nSPS) is 12.5. The SMILES string of the molecule is CCC(c1ccc(-c2ccc(Oc3ccc(C(F)(F)F)c(C(=O)NS(C)(=O)=O)c3)cc2)cc1)c1nc(-c2ccc(Cl)cc2Cl)c[nH]1. The Hall–Kier alpha value is -4.32. The lowest BCUT2D eigenvalue weighted by Gasteiger charge is -2.15. The highest BCUT2D eigenvalue weighted by Crippen LogP contribution is 2.36. The van der Waals surface area contributed by atoms with E-state index in [-0.39, 0.29) is 11.7 Å². The van der Waals surface area contributed by atoms with E-state index in [9.17, 15) is 26.4 Å². The Morgan fingerprint density at radius 1 is 0.935 bits per heavy atom. The first-order valence-corrected chi connectivity index (χ1v) is 16.5. The van der Waals surface area contributed by atoms with E-state index in [0.29, 0.717) is 28.1 Å². The molecule has 0 saturated carbocycles. The number of aromatic amines is 1. The van der Waals surface area contributed by atoms with Crippen LogP contribution in [0.25, 0.3) is 22.4 Å². The number of aromatic nitrogens is 2. The van der Waals surface area contributed by atoms with Gasteiger partial charge in [0.05, 0.1) is 28.1 Å². The molecule has 0 aliphatic heterocycles. The molecule has 1 aromatic heterocycles. The second-order valence-corrected chi connectivity index (χ2v) is 13.0. The highest BCUT2D eigenvalue weighted by atomic mass is 35.5. The number of H-pyrrole nitrogens is 1. The number of benzene rings is 4. The molecule has 1 heterocycles. The molecule has 238 valence electrons. The van der Waals surface area contributed by atoms with Crippen LogP contribution in [0.3, 0.4) is 0 Å². The van der Waals surface area contributed by atoms with Gasteiger partial charge in [0.25, 0.3) is 5.91 Å². The van der Waals surface area contributed by atoms with E-state index in [1.165, 1.54) is 0 Å². The molecule has 0 aliphatic rings. The number of sulfonamides is 1. The van der Waals surface area contributed by atoms with Crippen LogP contribution in [-0.4, -0.2) is 30.5 Å². The Kier molecular flexibility index (Phi) is 9.48. The van der Waals surface area contributed by atoms with Crippen LogP contribution in [0.4, 0.5) is 13.2 Å². The van der Waals surface area contributed by atoms with Gasteiger partial charge in [-0.05, 0) is 71.6 Å². The lowest BCUT2D eigenvalue weighted by molar-refractivity contribution is -0.137. The smallest absolute Gasteiger partial charge is 0.417 e. The fourth-order valence-electron chi connectivity index (χ4n) is 4.94. The average Bonchev–Trinajstić information content (AvgIpc) is 3.46. The van der Waals surface area contributed by atoms with Crippen LogP contribution in [0.1, 0.15) is 46.6 Å². The molecule has 5 rings (SSSR count). The number of rotatable bonds is 9. The molecule has 5 aromatic rings. The average molecular weight is 689 g/mol. The van der Waals surface area contributed by atoms with E-state index in [4.69, 9.17) is 32.9 Å². The van der Waals surface area contributed by atoms with Gasteiger partial charge < -0.3 is 9.72 Å².